The summed E-state index contributed by atoms with van der Waals surface area (Å²) in [6, 6.07) is 18.6. The minimum atomic E-state index is -0.258. The molecule has 3 aromatic heterocycles. The number of nitrogens with one attached hydrogen (secondary N) is 2. The van der Waals surface area contributed by atoms with Crippen LogP contribution in [-0.4, -0.2) is 32.3 Å². The van der Waals surface area contributed by atoms with E-state index in [4.69, 9.17) is 4.42 Å². The molecule has 0 fully saturated rings. The quantitative estimate of drug-likeness (QED) is 0.274. The van der Waals surface area contributed by atoms with Crippen molar-refractivity contribution in [3.63, 3.8) is 0 Å². The molecular weight excluding hydrogens is 462 g/mol. The second-order valence-corrected chi connectivity index (χ2v) is 9.41. The Morgan fingerprint density at radius 2 is 1.86 bits per heavy atom. The minimum Gasteiger partial charge on any atom is -0.447 e. The number of aryl methyl sites for hydroxylation is 2. The molecule has 3 heterocycles. The van der Waals surface area contributed by atoms with Gasteiger partial charge in [0.15, 0.2) is 5.69 Å². The topological polar surface area (TPSA) is 87.0 Å². The van der Waals surface area contributed by atoms with Gasteiger partial charge in [-0.25, -0.2) is 4.98 Å². The maximum Gasteiger partial charge on any atom is 0.273 e. The summed E-state index contributed by atoms with van der Waals surface area (Å²) in [5, 5.41) is 4.14. The standard InChI is InChI=1S/C30H31N5O2/c1-21-7-8-22(2)25(15-21)18-35(14-11-24-17-32-27-6-4-3-5-26(24)27)19-29-34-28(20-37-29)30(36)33-16-23-9-12-31-13-10-23/h3-10,12-13,15,17,20,32H,11,14,16,18-19H2,1-2H3,(H,33,36). The van der Waals surface area contributed by atoms with Crippen molar-refractivity contribution in [1.82, 2.24) is 25.2 Å². The average Bonchev–Trinajstić information content (AvgIpc) is 3.56. The van der Waals surface area contributed by atoms with Crippen molar-refractivity contribution >= 4 is 16.8 Å². The molecule has 0 saturated carbocycles. The van der Waals surface area contributed by atoms with E-state index in [2.05, 4.69) is 81.6 Å². The van der Waals surface area contributed by atoms with Gasteiger partial charge in [0.2, 0.25) is 5.89 Å². The molecule has 7 heteroatoms. The van der Waals surface area contributed by atoms with Crippen molar-refractivity contribution in [3.05, 3.63) is 119 Å². The number of para-hydroxylation sites is 1. The van der Waals surface area contributed by atoms with E-state index in [1.165, 1.54) is 33.9 Å². The van der Waals surface area contributed by atoms with Crippen LogP contribution < -0.4 is 5.32 Å². The van der Waals surface area contributed by atoms with E-state index in [1.54, 1.807) is 12.4 Å². The molecule has 0 aliphatic heterocycles. The average molecular weight is 494 g/mol. The summed E-state index contributed by atoms with van der Waals surface area (Å²) in [6.45, 7) is 6.76. The van der Waals surface area contributed by atoms with E-state index in [-0.39, 0.29) is 11.6 Å². The molecule has 2 aromatic carbocycles. The molecule has 0 atom stereocenters. The molecule has 0 saturated heterocycles. The van der Waals surface area contributed by atoms with Gasteiger partial charge in [0.05, 0.1) is 6.54 Å². The molecule has 0 aliphatic carbocycles. The summed E-state index contributed by atoms with van der Waals surface area (Å²) >= 11 is 0. The number of carbonyl (C=O) groups is 1. The molecule has 5 aromatic rings. The van der Waals surface area contributed by atoms with Gasteiger partial charge < -0.3 is 14.7 Å². The van der Waals surface area contributed by atoms with Crippen LogP contribution in [0.15, 0.2) is 83.9 Å². The Kier molecular flexibility index (Phi) is 7.42. The van der Waals surface area contributed by atoms with Gasteiger partial charge in [-0.15, -0.1) is 0 Å². The molecule has 188 valence electrons. The zero-order chi connectivity index (χ0) is 25.6. The third-order valence-electron chi connectivity index (χ3n) is 6.62. The van der Waals surface area contributed by atoms with E-state index < -0.39 is 0 Å². The van der Waals surface area contributed by atoms with Crippen LogP contribution in [0.1, 0.15) is 44.2 Å². The van der Waals surface area contributed by atoms with Crippen molar-refractivity contribution in [2.24, 2.45) is 0 Å². The van der Waals surface area contributed by atoms with Crippen LogP contribution in [0.4, 0.5) is 0 Å². The number of hydrogen-bond acceptors (Lipinski definition) is 5. The first kappa shape index (κ1) is 24.5. The largest absolute Gasteiger partial charge is 0.447 e. The van der Waals surface area contributed by atoms with Crippen LogP contribution in [0.2, 0.25) is 0 Å². The van der Waals surface area contributed by atoms with Gasteiger partial charge in [-0.1, -0.05) is 42.0 Å². The Morgan fingerprint density at radius 3 is 2.73 bits per heavy atom. The summed E-state index contributed by atoms with van der Waals surface area (Å²) < 4.78 is 5.74. The van der Waals surface area contributed by atoms with Gasteiger partial charge in [-0.2, -0.15) is 0 Å². The zero-order valence-corrected chi connectivity index (χ0v) is 21.2. The van der Waals surface area contributed by atoms with Gasteiger partial charge in [0.1, 0.15) is 6.26 Å². The van der Waals surface area contributed by atoms with E-state index in [9.17, 15) is 4.79 Å². The lowest BCUT2D eigenvalue weighted by atomic mass is 10.0. The number of nitrogens with zero attached hydrogens (tertiary/aromatic N) is 3. The highest BCUT2D eigenvalue weighted by molar-refractivity contribution is 5.91. The number of oxazole rings is 1. The highest BCUT2D eigenvalue weighted by Crippen LogP contribution is 2.20. The van der Waals surface area contributed by atoms with E-state index in [0.717, 1.165) is 30.6 Å². The molecule has 0 spiro atoms. The molecular formula is C30H31N5O2. The number of fused-ring (bicyclic) bond motifs is 1. The number of benzene rings is 2. The van der Waals surface area contributed by atoms with Gasteiger partial charge in [0, 0.05) is 49.1 Å². The lowest BCUT2D eigenvalue weighted by Gasteiger charge is -2.22. The van der Waals surface area contributed by atoms with Crippen LogP contribution in [0.3, 0.4) is 0 Å². The Hall–Kier alpha value is -4.23. The molecule has 0 aliphatic rings. The summed E-state index contributed by atoms with van der Waals surface area (Å²) in [5.41, 5.74) is 7.46. The monoisotopic (exact) mass is 493 g/mol. The Morgan fingerprint density at radius 1 is 1.03 bits per heavy atom. The number of carbonyl (C=O) groups excluding carboxylic acids is 1. The van der Waals surface area contributed by atoms with E-state index in [1.807, 2.05) is 18.2 Å². The Balaban J connectivity index is 1.29. The fourth-order valence-corrected chi connectivity index (χ4v) is 4.50. The highest BCUT2D eigenvalue weighted by Gasteiger charge is 2.17. The fourth-order valence-electron chi connectivity index (χ4n) is 4.50. The van der Waals surface area contributed by atoms with Gasteiger partial charge in [-0.3, -0.25) is 14.7 Å². The number of aromatic nitrogens is 3. The number of H-pyrrole nitrogens is 1. The van der Waals surface area contributed by atoms with E-state index in [0.29, 0.717) is 19.0 Å². The van der Waals surface area contributed by atoms with Crippen LogP contribution in [0.25, 0.3) is 10.9 Å². The number of hydrogen-bond donors (Lipinski definition) is 2. The van der Waals surface area contributed by atoms with Crippen LogP contribution in [-0.2, 0) is 26.1 Å². The maximum atomic E-state index is 12.6. The number of pyridine rings is 1. The molecule has 0 bridgehead atoms. The van der Waals surface area contributed by atoms with Crippen molar-refractivity contribution in [2.45, 2.75) is 39.9 Å². The molecule has 37 heavy (non-hydrogen) atoms. The molecule has 2 N–H and O–H groups in total. The molecule has 0 radical (unpaired) electrons. The van der Waals surface area contributed by atoms with Crippen molar-refractivity contribution < 1.29 is 9.21 Å². The molecule has 0 unspecified atom stereocenters. The summed E-state index contributed by atoms with van der Waals surface area (Å²) in [6.07, 6.45) is 7.83. The molecule has 1 amide bonds. The lowest BCUT2D eigenvalue weighted by Crippen LogP contribution is -2.26. The van der Waals surface area contributed by atoms with Crippen LogP contribution in [0.5, 0.6) is 0 Å². The predicted octanol–water partition coefficient (Wildman–Crippen LogP) is 5.34. The normalized spacial score (nSPS) is 11.3. The maximum absolute atomic E-state index is 12.6. The number of rotatable bonds is 10. The summed E-state index contributed by atoms with van der Waals surface area (Å²) in [7, 11) is 0. The first-order chi connectivity index (χ1) is 18.0. The van der Waals surface area contributed by atoms with Crippen molar-refractivity contribution in [2.75, 3.05) is 6.54 Å². The van der Waals surface area contributed by atoms with Gasteiger partial charge >= 0.3 is 0 Å². The van der Waals surface area contributed by atoms with Crippen molar-refractivity contribution in [3.8, 4) is 0 Å². The Bertz CT molecular complexity index is 1490. The van der Waals surface area contributed by atoms with Crippen molar-refractivity contribution in [1.29, 1.82) is 0 Å². The van der Waals surface area contributed by atoms with Crippen LogP contribution >= 0.6 is 0 Å². The zero-order valence-electron chi connectivity index (χ0n) is 21.2. The molecule has 7 nitrogen and oxygen atoms in total. The molecule has 5 rings (SSSR count). The smallest absolute Gasteiger partial charge is 0.273 e. The van der Waals surface area contributed by atoms with Gasteiger partial charge in [-0.05, 0) is 60.7 Å². The predicted molar refractivity (Wildman–Crippen MR) is 144 cm³/mol. The SMILES string of the molecule is Cc1ccc(C)c(CN(CCc2c[nH]c3ccccc23)Cc2nc(C(=O)NCc3ccncc3)co2)c1. The second kappa shape index (κ2) is 11.2. The first-order valence-corrected chi connectivity index (χ1v) is 12.5. The number of aromatic amines is 1. The minimum absolute atomic E-state index is 0.258. The Labute approximate surface area is 216 Å². The van der Waals surface area contributed by atoms with Gasteiger partial charge in [0.25, 0.3) is 5.91 Å². The summed E-state index contributed by atoms with van der Waals surface area (Å²) in [4.78, 5) is 26.8. The number of amides is 1. The third kappa shape index (κ3) is 6.13. The summed E-state index contributed by atoms with van der Waals surface area (Å²) in [5.74, 6) is 0.268. The fraction of sp³-hybridized carbons (Fsp3) is 0.233. The second-order valence-electron chi connectivity index (χ2n) is 9.41. The van der Waals surface area contributed by atoms with E-state index >= 15 is 0 Å². The van der Waals surface area contributed by atoms with Crippen LogP contribution in [0, 0.1) is 13.8 Å². The lowest BCUT2D eigenvalue weighted by molar-refractivity contribution is 0.0945. The third-order valence-corrected chi connectivity index (χ3v) is 6.62. The highest BCUT2D eigenvalue weighted by atomic mass is 16.3. The first-order valence-electron chi connectivity index (χ1n) is 12.5.